The molecule has 0 saturated heterocycles. The predicted molar refractivity (Wildman–Crippen MR) is 46.1 cm³/mol. The number of nitroso groups, excluding NO2 is 1. The monoisotopic (exact) mass is 157 g/mol. The molecule has 0 saturated carbocycles. The van der Waals surface area contributed by atoms with Gasteiger partial charge in [0, 0.05) is 12.2 Å². The first-order chi connectivity index (χ1) is 5.31. The molecule has 0 fully saturated rings. The van der Waals surface area contributed by atoms with Crippen LogP contribution in [0.25, 0.3) is 0 Å². The van der Waals surface area contributed by atoms with Gasteiger partial charge >= 0.3 is 0 Å². The van der Waals surface area contributed by atoms with Gasteiger partial charge in [0.1, 0.15) is 0 Å². The van der Waals surface area contributed by atoms with Crippen molar-refractivity contribution in [2.45, 2.75) is 13.3 Å². The highest BCUT2D eigenvalue weighted by molar-refractivity contribution is 4.93. The third-order valence-electron chi connectivity index (χ3n) is 1.25. The zero-order chi connectivity index (χ0) is 8.53. The Kier molecular flexibility index (Phi) is 6.62. The lowest BCUT2D eigenvalue weighted by molar-refractivity contribution is 0.675. The van der Waals surface area contributed by atoms with Crippen LogP contribution in [0.2, 0.25) is 0 Å². The van der Waals surface area contributed by atoms with Gasteiger partial charge in [0.05, 0.1) is 6.20 Å². The van der Waals surface area contributed by atoms with Crippen molar-refractivity contribution >= 4 is 0 Å². The van der Waals surface area contributed by atoms with Crippen molar-refractivity contribution in [3.63, 3.8) is 0 Å². The van der Waals surface area contributed by atoms with Crippen LogP contribution in [0.1, 0.15) is 13.3 Å². The van der Waals surface area contributed by atoms with Crippen LogP contribution >= 0.6 is 0 Å². The van der Waals surface area contributed by atoms with Crippen molar-refractivity contribution < 1.29 is 0 Å². The lowest BCUT2D eigenvalue weighted by Crippen LogP contribution is -2.18. The normalized spacial score (nSPS) is 11.3. The number of hydrogen-bond donors (Lipinski definition) is 2. The second-order valence-corrected chi connectivity index (χ2v) is 2.30. The third kappa shape index (κ3) is 6.99. The summed E-state index contributed by atoms with van der Waals surface area (Å²) in [5.74, 6) is 0. The van der Waals surface area contributed by atoms with Gasteiger partial charge in [0.2, 0.25) is 0 Å². The first-order valence-electron chi connectivity index (χ1n) is 3.69. The molecule has 0 aromatic heterocycles. The van der Waals surface area contributed by atoms with Crippen LogP contribution in [-0.2, 0) is 0 Å². The summed E-state index contributed by atoms with van der Waals surface area (Å²) in [7, 11) is 1.91. The molecule has 0 aliphatic rings. The summed E-state index contributed by atoms with van der Waals surface area (Å²) in [6, 6.07) is 0. The van der Waals surface area contributed by atoms with Crippen LogP contribution < -0.4 is 10.6 Å². The standard InChI is InChI=1S/C7H15N3O/c1-7(6-10-11)9-5-3-4-8-2/h6,8-9H,3-5H2,1-2H3/b7-6-. The van der Waals surface area contributed by atoms with E-state index in [2.05, 4.69) is 15.8 Å². The van der Waals surface area contributed by atoms with Gasteiger partial charge < -0.3 is 10.6 Å². The first-order valence-corrected chi connectivity index (χ1v) is 3.69. The van der Waals surface area contributed by atoms with E-state index in [1.54, 1.807) is 0 Å². The minimum absolute atomic E-state index is 0.816. The Balaban J connectivity index is 3.23. The van der Waals surface area contributed by atoms with Gasteiger partial charge in [0.25, 0.3) is 0 Å². The highest BCUT2D eigenvalue weighted by Crippen LogP contribution is 1.86. The number of rotatable bonds is 6. The van der Waals surface area contributed by atoms with E-state index in [-0.39, 0.29) is 0 Å². The molecule has 0 aliphatic heterocycles. The van der Waals surface area contributed by atoms with Crippen molar-refractivity contribution in [1.29, 1.82) is 0 Å². The third-order valence-corrected chi connectivity index (χ3v) is 1.25. The van der Waals surface area contributed by atoms with Gasteiger partial charge in [-0.3, -0.25) is 0 Å². The Morgan fingerprint density at radius 1 is 1.55 bits per heavy atom. The van der Waals surface area contributed by atoms with Crippen molar-refractivity contribution in [2.24, 2.45) is 5.18 Å². The van der Waals surface area contributed by atoms with Crippen LogP contribution in [0, 0.1) is 4.91 Å². The zero-order valence-corrected chi connectivity index (χ0v) is 7.05. The topological polar surface area (TPSA) is 53.5 Å². The molecule has 0 radical (unpaired) electrons. The fourth-order valence-electron chi connectivity index (χ4n) is 0.675. The highest BCUT2D eigenvalue weighted by atomic mass is 16.2. The number of nitrogens with one attached hydrogen (secondary N) is 2. The molecule has 0 rings (SSSR count). The van der Waals surface area contributed by atoms with Gasteiger partial charge in [-0.2, -0.15) is 0 Å². The van der Waals surface area contributed by atoms with Crippen molar-refractivity contribution in [3.05, 3.63) is 16.8 Å². The SMILES string of the molecule is CNCCCN/C(C)=C\N=O. The van der Waals surface area contributed by atoms with Gasteiger partial charge in [-0.25, -0.2) is 0 Å². The van der Waals surface area contributed by atoms with E-state index in [1.807, 2.05) is 14.0 Å². The molecule has 0 aromatic rings. The van der Waals surface area contributed by atoms with Gasteiger partial charge in [-0.15, -0.1) is 4.91 Å². The quantitative estimate of drug-likeness (QED) is 0.443. The molecule has 0 spiro atoms. The van der Waals surface area contributed by atoms with Crippen LogP contribution in [-0.4, -0.2) is 20.1 Å². The number of nitrogens with zero attached hydrogens (tertiary/aromatic N) is 1. The summed E-state index contributed by atoms with van der Waals surface area (Å²) in [4.78, 5) is 9.73. The predicted octanol–water partition coefficient (Wildman–Crippen LogP) is 0.813. The molecular formula is C7H15N3O. The maximum atomic E-state index is 9.73. The molecule has 11 heavy (non-hydrogen) atoms. The molecule has 4 heteroatoms. The van der Waals surface area contributed by atoms with Crippen LogP contribution in [0.4, 0.5) is 0 Å². The van der Waals surface area contributed by atoms with E-state index >= 15 is 0 Å². The average Bonchev–Trinajstić information content (AvgIpc) is 1.99. The molecule has 4 nitrogen and oxygen atoms in total. The number of allylic oxidation sites excluding steroid dienone is 1. The molecule has 0 aliphatic carbocycles. The molecule has 0 atom stereocenters. The van der Waals surface area contributed by atoms with Gasteiger partial charge in [0.15, 0.2) is 0 Å². The Hall–Kier alpha value is -0.900. The molecule has 0 aromatic carbocycles. The van der Waals surface area contributed by atoms with Gasteiger partial charge in [-0.1, -0.05) is 0 Å². The molecule has 0 amide bonds. The fraction of sp³-hybridized carbons (Fsp3) is 0.714. The summed E-state index contributed by atoms with van der Waals surface area (Å²) in [5, 5.41) is 8.72. The van der Waals surface area contributed by atoms with Gasteiger partial charge in [-0.05, 0) is 32.1 Å². The summed E-state index contributed by atoms with van der Waals surface area (Å²) < 4.78 is 0. The smallest absolute Gasteiger partial charge is 0.0901 e. The summed E-state index contributed by atoms with van der Waals surface area (Å²) in [5.41, 5.74) is 0.816. The highest BCUT2D eigenvalue weighted by Gasteiger charge is 1.86. The molecule has 0 unspecified atom stereocenters. The molecule has 0 heterocycles. The second kappa shape index (κ2) is 7.21. The second-order valence-electron chi connectivity index (χ2n) is 2.30. The van der Waals surface area contributed by atoms with Crippen LogP contribution in [0.5, 0.6) is 0 Å². The van der Waals surface area contributed by atoms with Crippen molar-refractivity contribution in [3.8, 4) is 0 Å². The maximum Gasteiger partial charge on any atom is 0.0901 e. The van der Waals surface area contributed by atoms with Crippen molar-refractivity contribution in [2.75, 3.05) is 20.1 Å². The van der Waals surface area contributed by atoms with E-state index in [1.165, 1.54) is 6.20 Å². The molecular weight excluding hydrogens is 142 g/mol. The minimum atomic E-state index is 0.816. The van der Waals surface area contributed by atoms with E-state index < -0.39 is 0 Å². The Morgan fingerprint density at radius 3 is 2.82 bits per heavy atom. The van der Waals surface area contributed by atoms with E-state index in [9.17, 15) is 4.91 Å². The Bertz CT molecular complexity index is 134. The van der Waals surface area contributed by atoms with E-state index in [0.29, 0.717) is 0 Å². The van der Waals surface area contributed by atoms with E-state index in [4.69, 9.17) is 0 Å². The van der Waals surface area contributed by atoms with Crippen LogP contribution in [0.15, 0.2) is 17.1 Å². The average molecular weight is 157 g/mol. The Labute approximate surface area is 67.0 Å². The van der Waals surface area contributed by atoms with Crippen molar-refractivity contribution in [1.82, 2.24) is 10.6 Å². The summed E-state index contributed by atoms with van der Waals surface area (Å²) in [6.45, 7) is 3.67. The van der Waals surface area contributed by atoms with Crippen LogP contribution in [0.3, 0.4) is 0 Å². The lowest BCUT2D eigenvalue weighted by atomic mass is 10.4. The molecule has 64 valence electrons. The largest absolute Gasteiger partial charge is 0.387 e. The lowest BCUT2D eigenvalue weighted by Gasteiger charge is -2.03. The fourth-order valence-corrected chi connectivity index (χ4v) is 0.675. The summed E-state index contributed by atoms with van der Waals surface area (Å²) >= 11 is 0. The zero-order valence-electron chi connectivity index (χ0n) is 7.05. The first kappa shape index (κ1) is 10.1. The van der Waals surface area contributed by atoms with E-state index in [0.717, 1.165) is 25.2 Å². The summed E-state index contributed by atoms with van der Waals surface area (Å²) in [6.07, 6.45) is 2.32. The molecule has 0 bridgehead atoms. The molecule has 2 N–H and O–H groups in total. The number of hydrogen-bond acceptors (Lipinski definition) is 4. The minimum Gasteiger partial charge on any atom is -0.387 e. The maximum absolute atomic E-state index is 9.73. The Morgan fingerprint density at radius 2 is 2.27 bits per heavy atom.